The van der Waals surface area contributed by atoms with Gasteiger partial charge < -0.3 is 15.0 Å². The minimum atomic E-state index is -0.713. The first-order valence-electron chi connectivity index (χ1n) is 5.02. The SMILES string of the molecule is COC(=O)C(N)c1ccc2c(ccn2C)c1. The molecule has 0 saturated heterocycles. The summed E-state index contributed by atoms with van der Waals surface area (Å²) in [5.74, 6) is -0.421. The molecule has 0 aliphatic carbocycles. The molecule has 0 amide bonds. The van der Waals surface area contributed by atoms with Gasteiger partial charge in [0.05, 0.1) is 7.11 Å². The Morgan fingerprint density at radius 2 is 2.19 bits per heavy atom. The van der Waals surface area contributed by atoms with Crippen molar-refractivity contribution in [2.75, 3.05) is 7.11 Å². The van der Waals surface area contributed by atoms with Gasteiger partial charge in [-0.2, -0.15) is 0 Å². The molecular weight excluding hydrogens is 204 g/mol. The number of carbonyl (C=O) groups is 1. The summed E-state index contributed by atoms with van der Waals surface area (Å²) >= 11 is 0. The van der Waals surface area contributed by atoms with E-state index >= 15 is 0 Å². The van der Waals surface area contributed by atoms with Crippen LogP contribution in [-0.4, -0.2) is 17.6 Å². The third-order valence-corrected chi connectivity index (χ3v) is 2.72. The van der Waals surface area contributed by atoms with Crippen LogP contribution in [0.25, 0.3) is 10.9 Å². The number of hydrogen-bond acceptors (Lipinski definition) is 3. The highest BCUT2D eigenvalue weighted by Gasteiger charge is 2.16. The first-order valence-corrected chi connectivity index (χ1v) is 5.02. The lowest BCUT2D eigenvalue weighted by Crippen LogP contribution is -2.22. The van der Waals surface area contributed by atoms with E-state index in [2.05, 4.69) is 4.74 Å². The van der Waals surface area contributed by atoms with Gasteiger partial charge in [-0.15, -0.1) is 0 Å². The first-order chi connectivity index (χ1) is 7.63. The Bertz CT molecular complexity index is 531. The van der Waals surface area contributed by atoms with E-state index in [0.29, 0.717) is 0 Å². The molecule has 16 heavy (non-hydrogen) atoms. The van der Waals surface area contributed by atoms with Gasteiger partial charge in [0.15, 0.2) is 0 Å². The lowest BCUT2D eigenvalue weighted by Gasteiger charge is -2.09. The zero-order valence-corrected chi connectivity index (χ0v) is 9.31. The van der Waals surface area contributed by atoms with Gasteiger partial charge in [0.1, 0.15) is 6.04 Å². The summed E-state index contributed by atoms with van der Waals surface area (Å²) in [6.07, 6.45) is 1.97. The van der Waals surface area contributed by atoms with E-state index < -0.39 is 12.0 Å². The molecule has 0 saturated carbocycles. The van der Waals surface area contributed by atoms with E-state index in [1.807, 2.05) is 42.1 Å². The summed E-state index contributed by atoms with van der Waals surface area (Å²) in [5.41, 5.74) is 7.65. The molecule has 2 aromatic rings. The van der Waals surface area contributed by atoms with Crippen LogP contribution in [0.5, 0.6) is 0 Å². The number of esters is 1. The van der Waals surface area contributed by atoms with E-state index in [9.17, 15) is 4.79 Å². The lowest BCUT2D eigenvalue weighted by atomic mass is 10.1. The fourth-order valence-electron chi connectivity index (χ4n) is 1.76. The Kier molecular flexibility index (Phi) is 2.66. The van der Waals surface area contributed by atoms with Gasteiger partial charge in [-0.3, -0.25) is 4.79 Å². The molecule has 0 aliphatic rings. The summed E-state index contributed by atoms with van der Waals surface area (Å²) in [6.45, 7) is 0. The molecule has 0 radical (unpaired) electrons. The van der Waals surface area contributed by atoms with Crippen molar-refractivity contribution in [3.63, 3.8) is 0 Å². The van der Waals surface area contributed by atoms with Gasteiger partial charge in [0, 0.05) is 18.8 Å². The van der Waals surface area contributed by atoms with Gasteiger partial charge >= 0.3 is 5.97 Å². The van der Waals surface area contributed by atoms with Crippen molar-refractivity contribution in [3.05, 3.63) is 36.0 Å². The van der Waals surface area contributed by atoms with E-state index in [0.717, 1.165) is 16.5 Å². The molecular formula is C12H14N2O2. The number of ether oxygens (including phenoxy) is 1. The average Bonchev–Trinajstić information content (AvgIpc) is 2.68. The summed E-state index contributed by atoms with van der Waals surface area (Å²) in [5, 5.41) is 1.07. The molecule has 0 bridgehead atoms. The molecule has 2 rings (SSSR count). The van der Waals surface area contributed by atoms with E-state index in [1.54, 1.807) is 0 Å². The number of fused-ring (bicyclic) bond motifs is 1. The Morgan fingerprint density at radius 1 is 1.44 bits per heavy atom. The second-order valence-electron chi connectivity index (χ2n) is 3.75. The first kappa shape index (κ1) is 10.7. The quantitative estimate of drug-likeness (QED) is 0.774. The molecule has 0 fully saturated rings. The number of hydrogen-bond donors (Lipinski definition) is 1. The topological polar surface area (TPSA) is 57.2 Å². The van der Waals surface area contributed by atoms with Gasteiger partial charge in [0.2, 0.25) is 0 Å². The van der Waals surface area contributed by atoms with Crippen molar-refractivity contribution in [1.29, 1.82) is 0 Å². The summed E-state index contributed by atoms with van der Waals surface area (Å²) in [4.78, 5) is 11.3. The largest absolute Gasteiger partial charge is 0.468 e. The third-order valence-electron chi connectivity index (χ3n) is 2.72. The van der Waals surface area contributed by atoms with Crippen LogP contribution >= 0.6 is 0 Å². The molecule has 2 N–H and O–H groups in total. The van der Waals surface area contributed by atoms with Gasteiger partial charge in [0.25, 0.3) is 0 Å². The molecule has 4 heteroatoms. The minimum absolute atomic E-state index is 0.421. The molecule has 1 atom stereocenters. The number of nitrogens with zero attached hydrogens (tertiary/aromatic N) is 1. The van der Waals surface area contributed by atoms with Gasteiger partial charge in [-0.1, -0.05) is 6.07 Å². The number of benzene rings is 1. The van der Waals surface area contributed by atoms with Gasteiger partial charge in [-0.25, -0.2) is 0 Å². The van der Waals surface area contributed by atoms with Gasteiger partial charge in [-0.05, 0) is 29.1 Å². The zero-order valence-electron chi connectivity index (χ0n) is 9.31. The number of aromatic nitrogens is 1. The molecule has 1 unspecified atom stereocenters. The highest BCUT2D eigenvalue weighted by Crippen LogP contribution is 2.20. The Balaban J connectivity index is 2.43. The fraction of sp³-hybridized carbons (Fsp3) is 0.250. The standard InChI is InChI=1S/C12H14N2O2/c1-14-6-5-8-7-9(3-4-10(8)14)11(13)12(15)16-2/h3-7,11H,13H2,1-2H3. The van der Waals surface area contributed by atoms with Crippen LogP contribution in [0.15, 0.2) is 30.5 Å². The number of aryl methyl sites for hydroxylation is 1. The van der Waals surface area contributed by atoms with Crippen LogP contribution in [0.4, 0.5) is 0 Å². The molecule has 4 nitrogen and oxygen atoms in total. The average molecular weight is 218 g/mol. The maximum Gasteiger partial charge on any atom is 0.327 e. The van der Waals surface area contributed by atoms with E-state index in [-0.39, 0.29) is 0 Å². The maximum atomic E-state index is 11.3. The zero-order chi connectivity index (χ0) is 11.7. The maximum absolute atomic E-state index is 11.3. The predicted molar refractivity (Wildman–Crippen MR) is 61.9 cm³/mol. The Hall–Kier alpha value is -1.81. The molecule has 84 valence electrons. The van der Waals surface area contributed by atoms with E-state index in [1.165, 1.54) is 7.11 Å². The normalized spacial score (nSPS) is 12.7. The van der Waals surface area contributed by atoms with Crippen molar-refractivity contribution in [2.45, 2.75) is 6.04 Å². The molecule has 1 aromatic heterocycles. The van der Waals surface area contributed by atoms with Crippen LogP contribution < -0.4 is 5.73 Å². The third kappa shape index (κ3) is 1.67. The van der Waals surface area contributed by atoms with Crippen molar-refractivity contribution >= 4 is 16.9 Å². The highest BCUT2D eigenvalue weighted by atomic mass is 16.5. The molecule has 1 heterocycles. The molecule has 0 spiro atoms. The second-order valence-corrected chi connectivity index (χ2v) is 3.75. The molecule has 0 aliphatic heterocycles. The fourth-order valence-corrected chi connectivity index (χ4v) is 1.76. The van der Waals surface area contributed by atoms with Crippen LogP contribution in [-0.2, 0) is 16.6 Å². The summed E-state index contributed by atoms with van der Waals surface area (Å²) < 4.78 is 6.63. The van der Waals surface area contributed by atoms with Crippen molar-refractivity contribution in [2.24, 2.45) is 12.8 Å². The Morgan fingerprint density at radius 3 is 2.88 bits per heavy atom. The molecule has 1 aromatic carbocycles. The van der Waals surface area contributed by atoms with Crippen molar-refractivity contribution in [3.8, 4) is 0 Å². The van der Waals surface area contributed by atoms with Crippen molar-refractivity contribution < 1.29 is 9.53 Å². The number of carbonyl (C=O) groups excluding carboxylic acids is 1. The number of methoxy groups -OCH3 is 1. The number of nitrogens with two attached hydrogens (primary N) is 1. The second kappa shape index (κ2) is 3.98. The monoisotopic (exact) mass is 218 g/mol. The van der Waals surface area contributed by atoms with Crippen LogP contribution in [0.2, 0.25) is 0 Å². The Labute approximate surface area is 93.6 Å². The van der Waals surface area contributed by atoms with Crippen molar-refractivity contribution in [1.82, 2.24) is 4.57 Å². The highest BCUT2D eigenvalue weighted by molar-refractivity contribution is 5.84. The van der Waals surface area contributed by atoms with Crippen LogP contribution in [0, 0.1) is 0 Å². The smallest absolute Gasteiger partial charge is 0.327 e. The summed E-state index contributed by atoms with van der Waals surface area (Å²) in [6, 6.07) is 6.99. The minimum Gasteiger partial charge on any atom is -0.468 e. The van der Waals surface area contributed by atoms with Crippen LogP contribution in [0.1, 0.15) is 11.6 Å². The summed E-state index contributed by atoms with van der Waals surface area (Å²) in [7, 11) is 3.31. The number of rotatable bonds is 2. The lowest BCUT2D eigenvalue weighted by molar-refractivity contribution is -0.142. The van der Waals surface area contributed by atoms with Crippen LogP contribution in [0.3, 0.4) is 0 Å². The predicted octanol–water partition coefficient (Wildman–Crippen LogP) is 1.35. The van der Waals surface area contributed by atoms with E-state index in [4.69, 9.17) is 5.73 Å².